The molecule has 0 amide bonds. The van der Waals surface area contributed by atoms with Crippen molar-refractivity contribution in [1.29, 1.82) is 0 Å². The maximum absolute atomic E-state index is 9.25. The average Bonchev–Trinajstić information content (AvgIpc) is 1.38. The van der Waals surface area contributed by atoms with Crippen molar-refractivity contribution >= 4 is 109 Å². The number of carbonyl (C=O) groups is 1. The third-order valence-corrected chi connectivity index (χ3v) is 0.175. The summed E-state index contributed by atoms with van der Waals surface area (Å²) in [5.74, 6) is -0.981. The Morgan fingerprint density at radius 2 is 1.71 bits per heavy atom. The molecule has 0 heterocycles. The van der Waals surface area contributed by atoms with Crippen LogP contribution in [0.15, 0.2) is 12.7 Å². The van der Waals surface area contributed by atoms with Crippen LogP contribution in [-0.2, 0) is 4.79 Å². The van der Waals surface area contributed by atoms with Gasteiger partial charge in [-0.25, -0.2) is 4.79 Å². The molecular weight excluding hydrogens is 146 g/mol. The molecule has 0 aromatic rings. The summed E-state index contributed by atoms with van der Waals surface area (Å²) in [5.41, 5.74) is 0. The van der Waals surface area contributed by atoms with Gasteiger partial charge in [0.1, 0.15) is 0 Å². The van der Waals surface area contributed by atoms with E-state index in [9.17, 15) is 4.79 Å². The molecule has 0 aliphatic heterocycles. The summed E-state index contributed by atoms with van der Waals surface area (Å²) in [4.78, 5) is 9.25. The van der Waals surface area contributed by atoms with Gasteiger partial charge >= 0.3 is 109 Å². The average molecular weight is 152 g/mol. The molecule has 1 N–H and O–H groups in total. The standard InChI is InChI=1S/C3H4O2.2K.2H/c1-2-3(4)5;;;;/h2H,1H2,(H,4,5);;;;. The molecule has 0 spiro atoms. The molecule has 7 heavy (non-hydrogen) atoms. The van der Waals surface area contributed by atoms with E-state index in [1.165, 1.54) is 0 Å². The Bertz CT molecular complexity index is 62.0. The monoisotopic (exact) mass is 152 g/mol. The van der Waals surface area contributed by atoms with Crippen LogP contribution in [0, 0.1) is 0 Å². The summed E-state index contributed by atoms with van der Waals surface area (Å²) in [6, 6.07) is 0. The number of carboxylic acids is 1. The van der Waals surface area contributed by atoms with Gasteiger partial charge in [-0.05, 0) is 0 Å². The first-order chi connectivity index (χ1) is 2.27. The topological polar surface area (TPSA) is 37.3 Å². The number of rotatable bonds is 1. The molecule has 0 aromatic carbocycles. The fraction of sp³-hybridized carbons (Fsp3) is 0. The second-order valence-electron chi connectivity index (χ2n) is 0.542. The zero-order valence-electron chi connectivity index (χ0n) is 2.64. The number of aliphatic carboxylic acids is 1. The summed E-state index contributed by atoms with van der Waals surface area (Å²) < 4.78 is 0. The van der Waals surface area contributed by atoms with Crippen molar-refractivity contribution in [2.45, 2.75) is 0 Å². The fourth-order valence-corrected chi connectivity index (χ4v) is 0. The van der Waals surface area contributed by atoms with Gasteiger partial charge in [-0.15, -0.1) is 0 Å². The Balaban J connectivity index is -0.0000000800. The van der Waals surface area contributed by atoms with Crippen LogP contribution in [0.1, 0.15) is 0 Å². The fourth-order valence-electron chi connectivity index (χ4n) is 0. The first-order valence-electron chi connectivity index (χ1n) is 1.12. The van der Waals surface area contributed by atoms with E-state index in [0.717, 1.165) is 6.08 Å². The zero-order valence-corrected chi connectivity index (χ0v) is 2.64. The van der Waals surface area contributed by atoms with Gasteiger partial charge in [-0.1, -0.05) is 6.58 Å². The number of hydrogen-bond acceptors (Lipinski definition) is 1. The van der Waals surface area contributed by atoms with E-state index in [1.54, 1.807) is 0 Å². The summed E-state index contributed by atoms with van der Waals surface area (Å²) >= 11 is 0. The van der Waals surface area contributed by atoms with Crippen LogP contribution in [0.25, 0.3) is 0 Å². The van der Waals surface area contributed by atoms with E-state index in [2.05, 4.69) is 6.58 Å². The van der Waals surface area contributed by atoms with Crippen LogP contribution in [0.2, 0.25) is 0 Å². The molecule has 2 nitrogen and oxygen atoms in total. The molecule has 0 bridgehead atoms. The van der Waals surface area contributed by atoms with Gasteiger partial charge < -0.3 is 5.11 Å². The Morgan fingerprint density at radius 1 is 1.57 bits per heavy atom. The van der Waals surface area contributed by atoms with E-state index in [0.29, 0.717) is 0 Å². The summed E-state index contributed by atoms with van der Waals surface area (Å²) in [6.45, 7) is 2.96. The van der Waals surface area contributed by atoms with Crippen LogP contribution in [-0.4, -0.2) is 114 Å². The SMILES string of the molecule is C=CC(=O)O.[KH].[KH]. The van der Waals surface area contributed by atoms with Crippen molar-refractivity contribution in [3.8, 4) is 0 Å². The molecule has 0 aromatic heterocycles. The summed E-state index contributed by atoms with van der Waals surface area (Å²) in [5, 5.41) is 7.60. The molecule has 4 heteroatoms. The molecule has 0 fully saturated rings. The molecule has 0 radical (unpaired) electrons. The van der Waals surface area contributed by atoms with E-state index >= 15 is 0 Å². The molecule has 0 aliphatic rings. The van der Waals surface area contributed by atoms with Crippen molar-refractivity contribution < 1.29 is 9.90 Å². The Morgan fingerprint density at radius 3 is 1.71 bits per heavy atom. The first-order valence-corrected chi connectivity index (χ1v) is 1.12. The van der Waals surface area contributed by atoms with E-state index < -0.39 is 5.97 Å². The molecular formula is C3H6K2O2. The van der Waals surface area contributed by atoms with Crippen molar-refractivity contribution in [2.75, 3.05) is 0 Å². The van der Waals surface area contributed by atoms with Crippen molar-refractivity contribution in [2.24, 2.45) is 0 Å². The predicted octanol–water partition coefficient (Wildman–Crippen LogP) is -1.04. The van der Waals surface area contributed by atoms with Crippen LogP contribution in [0.4, 0.5) is 0 Å². The van der Waals surface area contributed by atoms with Crippen molar-refractivity contribution in [1.82, 2.24) is 0 Å². The minimum atomic E-state index is -0.981. The zero-order chi connectivity index (χ0) is 4.28. The minimum absolute atomic E-state index is 0. The first kappa shape index (κ1) is 16.2. The van der Waals surface area contributed by atoms with Crippen molar-refractivity contribution in [3.05, 3.63) is 12.7 Å². The van der Waals surface area contributed by atoms with Crippen LogP contribution < -0.4 is 0 Å². The normalized spacial score (nSPS) is 4.57. The molecule has 0 rings (SSSR count). The summed E-state index contributed by atoms with van der Waals surface area (Å²) in [6.07, 6.45) is 0.833. The van der Waals surface area contributed by atoms with Gasteiger partial charge in [0.15, 0.2) is 0 Å². The van der Waals surface area contributed by atoms with Crippen molar-refractivity contribution in [3.63, 3.8) is 0 Å². The number of carboxylic acid groups (broad SMARTS) is 1. The molecule has 32 valence electrons. The Labute approximate surface area is 128 Å². The van der Waals surface area contributed by atoms with E-state index in [4.69, 9.17) is 5.11 Å². The predicted molar refractivity (Wildman–Crippen MR) is 32.1 cm³/mol. The van der Waals surface area contributed by atoms with Gasteiger partial charge in [-0.3, -0.25) is 0 Å². The summed E-state index contributed by atoms with van der Waals surface area (Å²) in [7, 11) is 0. The maximum atomic E-state index is 9.25. The number of hydrogen-bond donors (Lipinski definition) is 1. The van der Waals surface area contributed by atoms with Crippen LogP contribution in [0.5, 0.6) is 0 Å². The second kappa shape index (κ2) is 11.3. The van der Waals surface area contributed by atoms with Crippen LogP contribution in [0.3, 0.4) is 0 Å². The Kier molecular flexibility index (Phi) is 26.2. The Hall–Kier alpha value is 2.48. The van der Waals surface area contributed by atoms with E-state index in [-0.39, 0.29) is 103 Å². The van der Waals surface area contributed by atoms with Gasteiger partial charge in [0, 0.05) is 6.08 Å². The second-order valence-corrected chi connectivity index (χ2v) is 0.542. The quantitative estimate of drug-likeness (QED) is 0.385. The van der Waals surface area contributed by atoms with E-state index in [1.807, 2.05) is 0 Å². The molecule has 0 saturated carbocycles. The van der Waals surface area contributed by atoms with Gasteiger partial charge in [0.25, 0.3) is 0 Å². The van der Waals surface area contributed by atoms with Crippen LogP contribution >= 0.6 is 0 Å². The molecule has 0 unspecified atom stereocenters. The molecule has 0 saturated heterocycles. The van der Waals surface area contributed by atoms with Gasteiger partial charge in [0.2, 0.25) is 0 Å². The third kappa shape index (κ3) is 17.7. The van der Waals surface area contributed by atoms with Gasteiger partial charge in [-0.2, -0.15) is 0 Å². The molecule has 0 atom stereocenters. The third-order valence-electron chi connectivity index (χ3n) is 0.175. The van der Waals surface area contributed by atoms with Gasteiger partial charge in [0.05, 0.1) is 0 Å². The molecule has 0 aliphatic carbocycles.